The quantitative estimate of drug-likeness (QED) is 0.758. The van der Waals surface area contributed by atoms with E-state index < -0.39 is 9.05 Å². The number of halogens is 1. The van der Waals surface area contributed by atoms with Crippen molar-refractivity contribution < 1.29 is 13.2 Å². The van der Waals surface area contributed by atoms with Gasteiger partial charge in [-0.2, -0.15) is 0 Å². The second-order valence-corrected chi connectivity index (χ2v) is 7.72. The van der Waals surface area contributed by atoms with Crippen LogP contribution < -0.4 is 0 Å². The van der Waals surface area contributed by atoms with E-state index in [0.29, 0.717) is 11.5 Å². The molecule has 1 aromatic rings. The lowest BCUT2D eigenvalue weighted by Crippen LogP contribution is -2.33. The highest BCUT2D eigenvalue weighted by atomic mass is 35.7. The maximum absolute atomic E-state index is 12.4. The first-order valence-corrected chi connectivity index (χ1v) is 9.06. The van der Waals surface area contributed by atoms with E-state index in [2.05, 4.69) is 0 Å². The number of carbonyl (C=O) groups excluding carboxylic acids is 1. The Kier molecular flexibility index (Phi) is 4.70. The van der Waals surface area contributed by atoms with Crippen molar-refractivity contribution in [1.82, 2.24) is 4.90 Å². The monoisotopic (exact) mass is 315 g/mol. The van der Waals surface area contributed by atoms with Crippen molar-refractivity contribution in [3.63, 3.8) is 0 Å². The zero-order valence-corrected chi connectivity index (χ0v) is 13.0. The summed E-state index contributed by atoms with van der Waals surface area (Å²) in [5.74, 6) is 0.588. The van der Waals surface area contributed by atoms with Crippen molar-refractivity contribution in [2.75, 3.05) is 13.1 Å². The van der Waals surface area contributed by atoms with Crippen LogP contribution in [0.25, 0.3) is 0 Å². The third kappa shape index (κ3) is 3.96. The number of hydrogen-bond donors (Lipinski definition) is 0. The lowest BCUT2D eigenvalue weighted by atomic mass is 10.2. The molecule has 4 nitrogen and oxygen atoms in total. The Morgan fingerprint density at radius 2 is 1.90 bits per heavy atom. The van der Waals surface area contributed by atoms with Gasteiger partial charge in [0.15, 0.2) is 0 Å². The fourth-order valence-electron chi connectivity index (χ4n) is 2.10. The molecule has 1 aromatic carbocycles. The molecule has 1 aliphatic carbocycles. The molecule has 0 aromatic heterocycles. The molecule has 0 saturated heterocycles. The van der Waals surface area contributed by atoms with Gasteiger partial charge in [0, 0.05) is 29.3 Å². The van der Waals surface area contributed by atoms with Crippen LogP contribution in [-0.2, 0) is 9.05 Å². The molecule has 0 spiro atoms. The van der Waals surface area contributed by atoms with E-state index >= 15 is 0 Å². The molecular weight excluding hydrogens is 298 g/mol. The van der Waals surface area contributed by atoms with Crippen LogP contribution in [0.15, 0.2) is 29.2 Å². The van der Waals surface area contributed by atoms with Gasteiger partial charge in [-0.3, -0.25) is 4.79 Å². The molecule has 20 heavy (non-hydrogen) atoms. The molecule has 0 heterocycles. The third-order valence-corrected chi connectivity index (χ3v) is 4.71. The lowest BCUT2D eigenvalue weighted by molar-refractivity contribution is 0.0747. The average molecular weight is 316 g/mol. The van der Waals surface area contributed by atoms with E-state index in [-0.39, 0.29) is 10.8 Å². The standard InChI is InChI=1S/C14H18ClNO3S/c1-2-9-16(10-11-3-4-11)14(17)12-5-7-13(8-6-12)20(15,18)19/h5-8,11H,2-4,9-10H2,1H3. The first-order valence-electron chi connectivity index (χ1n) is 6.76. The molecule has 1 saturated carbocycles. The fourth-order valence-corrected chi connectivity index (χ4v) is 2.87. The van der Waals surface area contributed by atoms with Gasteiger partial charge in [0.25, 0.3) is 15.0 Å². The Morgan fingerprint density at radius 1 is 1.30 bits per heavy atom. The van der Waals surface area contributed by atoms with Gasteiger partial charge in [-0.25, -0.2) is 8.42 Å². The van der Waals surface area contributed by atoms with E-state index in [4.69, 9.17) is 10.7 Å². The van der Waals surface area contributed by atoms with Crippen molar-refractivity contribution in [2.45, 2.75) is 31.1 Å². The summed E-state index contributed by atoms with van der Waals surface area (Å²) in [5.41, 5.74) is 0.503. The summed E-state index contributed by atoms with van der Waals surface area (Å²) >= 11 is 0. The number of benzene rings is 1. The Balaban J connectivity index is 2.13. The van der Waals surface area contributed by atoms with Gasteiger partial charge < -0.3 is 4.90 Å². The summed E-state index contributed by atoms with van der Waals surface area (Å²) in [6.45, 7) is 3.56. The Morgan fingerprint density at radius 3 is 2.35 bits per heavy atom. The highest BCUT2D eigenvalue weighted by Crippen LogP contribution is 2.30. The largest absolute Gasteiger partial charge is 0.338 e. The summed E-state index contributed by atoms with van der Waals surface area (Å²) in [6, 6.07) is 5.79. The smallest absolute Gasteiger partial charge is 0.261 e. The van der Waals surface area contributed by atoms with E-state index in [9.17, 15) is 13.2 Å². The highest BCUT2D eigenvalue weighted by Gasteiger charge is 2.27. The van der Waals surface area contributed by atoms with Crippen molar-refractivity contribution >= 4 is 25.6 Å². The van der Waals surface area contributed by atoms with E-state index in [1.807, 2.05) is 11.8 Å². The number of amides is 1. The molecule has 2 rings (SSSR count). The molecule has 0 radical (unpaired) electrons. The van der Waals surface area contributed by atoms with Crippen LogP contribution in [0.3, 0.4) is 0 Å². The summed E-state index contributed by atoms with van der Waals surface area (Å²) in [5, 5.41) is 0. The summed E-state index contributed by atoms with van der Waals surface area (Å²) in [7, 11) is 1.52. The lowest BCUT2D eigenvalue weighted by Gasteiger charge is -2.22. The van der Waals surface area contributed by atoms with Gasteiger partial charge in [-0.15, -0.1) is 0 Å². The van der Waals surface area contributed by atoms with Gasteiger partial charge in [0.2, 0.25) is 0 Å². The molecule has 1 amide bonds. The second kappa shape index (κ2) is 6.14. The highest BCUT2D eigenvalue weighted by molar-refractivity contribution is 8.13. The van der Waals surface area contributed by atoms with Gasteiger partial charge >= 0.3 is 0 Å². The van der Waals surface area contributed by atoms with Gasteiger partial charge in [-0.1, -0.05) is 6.92 Å². The van der Waals surface area contributed by atoms with Crippen LogP contribution in [0.1, 0.15) is 36.5 Å². The Labute approximate surface area is 124 Å². The van der Waals surface area contributed by atoms with E-state index in [0.717, 1.165) is 19.5 Å². The molecule has 0 aliphatic heterocycles. The molecular formula is C14H18ClNO3S. The number of carbonyl (C=O) groups is 1. The Hall–Kier alpha value is -1.07. The number of hydrogen-bond acceptors (Lipinski definition) is 3. The van der Waals surface area contributed by atoms with Crippen molar-refractivity contribution in [2.24, 2.45) is 5.92 Å². The fraction of sp³-hybridized carbons (Fsp3) is 0.500. The van der Waals surface area contributed by atoms with Crippen LogP contribution in [0.2, 0.25) is 0 Å². The van der Waals surface area contributed by atoms with Crippen LogP contribution >= 0.6 is 10.7 Å². The maximum atomic E-state index is 12.4. The predicted molar refractivity (Wildman–Crippen MR) is 78.4 cm³/mol. The average Bonchev–Trinajstić information content (AvgIpc) is 3.20. The first-order chi connectivity index (χ1) is 9.41. The molecule has 6 heteroatoms. The third-order valence-electron chi connectivity index (χ3n) is 3.34. The molecule has 1 aliphatic rings. The summed E-state index contributed by atoms with van der Waals surface area (Å²) < 4.78 is 22.3. The van der Waals surface area contributed by atoms with E-state index in [1.165, 1.54) is 37.1 Å². The normalized spacial score (nSPS) is 15.1. The van der Waals surface area contributed by atoms with Crippen molar-refractivity contribution in [1.29, 1.82) is 0 Å². The van der Waals surface area contributed by atoms with Gasteiger partial charge in [-0.05, 0) is 49.4 Å². The number of nitrogens with zero attached hydrogens (tertiary/aromatic N) is 1. The second-order valence-electron chi connectivity index (χ2n) is 5.16. The minimum atomic E-state index is -3.74. The molecule has 1 fully saturated rings. The summed E-state index contributed by atoms with van der Waals surface area (Å²) in [6.07, 6.45) is 3.29. The van der Waals surface area contributed by atoms with Crippen molar-refractivity contribution in [3.8, 4) is 0 Å². The molecule has 0 N–H and O–H groups in total. The van der Waals surface area contributed by atoms with Crippen LogP contribution in [0.5, 0.6) is 0 Å². The number of rotatable bonds is 6. The van der Waals surface area contributed by atoms with Crippen LogP contribution in [0, 0.1) is 5.92 Å². The minimum Gasteiger partial charge on any atom is -0.338 e. The predicted octanol–water partition coefficient (Wildman–Crippen LogP) is 2.88. The van der Waals surface area contributed by atoms with Gasteiger partial charge in [0.1, 0.15) is 0 Å². The molecule has 0 bridgehead atoms. The molecule has 0 unspecified atom stereocenters. The SMILES string of the molecule is CCCN(CC1CC1)C(=O)c1ccc(S(=O)(=O)Cl)cc1. The Bertz CT molecular complexity index is 579. The van der Waals surface area contributed by atoms with Crippen LogP contribution in [0.4, 0.5) is 0 Å². The maximum Gasteiger partial charge on any atom is 0.261 e. The van der Waals surface area contributed by atoms with E-state index in [1.54, 1.807) is 0 Å². The molecule has 110 valence electrons. The minimum absolute atomic E-state index is 0.0138. The van der Waals surface area contributed by atoms with Crippen LogP contribution in [-0.4, -0.2) is 32.3 Å². The topological polar surface area (TPSA) is 54.5 Å². The zero-order valence-electron chi connectivity index (χ0n) is 11.4. The van der Waals surface area contributed by atoms with Crippen molar-refractivity contribution in [3.05, 3.63) is 29.8 Å². The first kappa shape index (κ1) is 15.3. The van der Waals surface area contributed by atoms with Gasteiger partial charge in [0.05, 0.1) is 4.90 Å². The summed E-state index contributed by atoms with van der Waals surface area (Å²) in [4.78, 5) is 14.3. The zero-order chi connectivity index (χ0) is 14.8. The molecule has 0 atom stereocenters.